The number of hydrogen-bond acceptors (Lipinski definition) is 6. The Bertz CT molecular complexity index is 2230. The van der Waals surface area contributed by atoms with Gasteiger partial charge < -0.3 is 30.1 Å². The van der Waals surface area contributed by atoms with Crippen LogP contribution in [0.25, 0.3) is 21.5 Å². The van der Waals surface area contributed by atoms with Gasteiger partial charge in [0.05, 0.1) is 19.0 Å². The summed E-state index contributed by atoms with van der Waals surface area (Å²) >= 11 is 0. The first-order chi connectivity index (χ1) is 26.6. The summed E-state index contributed by atoms with van der Waals surface area (Å²) in [5.74, 6) is -0.994. The third kappa shape index (κ3) is 8.62. The van der Waals surface area contributed by atoms with Crippen LogP contribution in [0.4, 0.5) is 0 Å². The molecule has 2 N–H and O–H groups in total. The molecule has 2 bridgehead atoms. The lowest BCUT2D eigenvalue weighted by Crippen LogP contribution is -2.48. The highest BCUT2D eigenvalue weighted by molar-refractivity contribution is 5.98. The molecule has 3 heterocycles. The van der Waals surface area contributed by atoms with E-state index in [1.165, 1.54) is 9.80 Å². The zero-order chi connectivity index (χ0) is 38.5. The molecule has 5 aromatic carbocycles. The van der Waals surface area contributed by atoms with Crippen LogP contribution in [-0.4, -0.2) is 96.2 Å². The van der Waals surface area contributed by atoms with Crippen LogP contribution >= 0.6 is 0 Å². The van der Waals surface area contributed by atoms with Crippen molar-refractivity contribution in [3.05, 3.63) is 126 Å². The maximum atomic E-state index is 13.8. The highest BCUT2D eigenvalue weighted by atomic mass is 16.5. The molecular weight excluding hydrogens is 695 g/mol. The first-order valence-corrected chi connectivity index (χ1v) is 18.7. The third-order valence-corrected chi connectivity index (χ3v) is 10.7. The number of nitrogens with one attached hydrogen (secondary N) is 2. The predicted octanol–water partition coefficient (Wildman–Crippen LogP) is 4.71. The van der Waals surface area contributed by atoms with Crippen molar-refractivity contribution in [2.45, 2.75) is 50.4 Å². The van der Waals surface area contributed by atoms with Crippen molar-refractivity contribution in [1.29, 1.82) is 0 Å². The highest BCUT2D eigenvalue weighted by Gasteiger charge is 2.37. The average molecular weight is 740 g/mol. The fourth-order valence-corrected chi connectivity index (χ4v) is 7.60. The zero-order valence-corrected chi connectivity index (χ0v) is 31.1. The van der Waals surface area contributed by atoms with E-state index >= 15 is 0 Å². The van der Waals surface area contributed by atoms with Gasteiger partial charge in [-0.25, -0.2) is 0 Å². The Morgan fingerprint density at radius 1 is 0.800 bits per heavy atom. The van der Waals surface area contributed by atoms with Crippen molar-refractivity contribution in [2.24, 2.45) is 0 Å². The van der Waals surface area contributed by atoms with Crippen LogP contribution in [0.2, 0.25) is 0 Å². The van der Waals surface area contributed by atoms with Crippen LogP contribution in [0, 0.1) is 0 Å². The Labute approximate surface area is 320 Å². The van der Waals surface area contributed by atoms with Gasteiger partial charge in [-0.1, -0.05) is 78.9 Å². The molecule has 3 atom stereocenters. The maximum absolute atomic E-state index is 13.8. The minimum atomic E-state index is -0.950. The van der Waals surface area contributed by atoms with Crippen molar-refractivity contribution in [3.63, 3.8) is 0 Å². The normalized spacial score (nSPS) is 19.6. The molecule has 0 spiro atoms. The van der Waals surface area contributed by atoms with E-state index in [0.717, 1.165) is 32.7 Å². The molecule has 0 aliphatic carbocycles. The Morgan fingerprint density at radius 2 is 1.53 bits per heavy atom. The second-order valence-electron chi connectivity index (χ2n) is 14.5. The molecule has 11 heteroatoms. The van der Waals surface area contributed by atoms with Gasteiger partial charge >= 0.3 is 0 Å². The summed E-state index contributed by atoms with van der Waals surface area (Å²) in [5.41, 5.74) is 2.19. The van der Waals surface area contributed by atoms with E-state index < -0.39 is 6.04 Å². The summed E-state index contributed by atoms with van der Waals surface area (Å²) in [6, 6.07) is 32.8. The molecule has 282 valence electrons. The van der Waals surface area contributed by atoms with Crippen molar-refractivity contribution in [2.75, 3.05) is 33.8 Å². The van der Waals surface area contributed by atoms with E-state index in [0.29, 0.717) is 17.7 Å². The molecule has 1 fully saturated rings. The molecule has 55 heavy (non-hydrogen) atoms. The lowest BCUT2D eigenvalue weighted by Gasteiger charge is -2.29. The summed E-state index contributed by atoms with van der Waals surface area (Å²) in [6.45, 7) is 0.492. The molecule has 8 rings (SSSR count). The molecule has 0 saturated carbocycles. The fourth-order valence-electron chi connectivity index (χ4n) is 7.60. The van der Waals surface area contributed by atoms with Gasteiger partial charge in [0.15, 0.2) is 0 Å². The van der Waals surface area contributed by atoms with Gasteiger partial charge in [-0.05, 0) is 75.8 Å². The van der Waals surface area contributed by atoms with Crippen molar-refractivity contribution in [1.82, 2.24) is 25.3 Å². The Morgan fingerprint density at radius 3 is 2.33 bits per heavy atom. The smallest absolute Gasteiger partial charge is 0.254 e. The maximum Gasteiger partial charge on any atom is 0.254 e. The number of rotatable bonds is 6. The van der Waals surface area contributed by atoms with Crippen LogP contribution in [0.15, 0.2) is 109 Å². The van der Waals surface area contributed by atoms with E-state index in [-0.39, 0.29) is 87.1 Å². The van der Waals surface area contributed by atoms with Crippen LogP contribution < -0.4 is 15.4 Å². The molecule has 1 saturated heterocycles. The predicted molar refractivity (Wildman–Crippen MR) is 210 cm³/mol. The van der Waals surface area contributed by atoms with E-state index in [2.05, 4.69) is 10.6 Å². The van der Waals surface area contributed by atoms with Crippen LogP contribution in [0.3, 0.4) is 0 Å². The molecule has 0 aromatic heterocycles. The van der Waals surface area contributed by atoms with Gasteiger partial charge in [-0.15, -0.1) is 0 Å². The second-order valence-corrected chi connectivity index (χ2v) is 14.5. The summed E-state index contributed by atoms with van der Waals surface area (Å²) in [7, 11) is 3.12. The quantitative estimate of drug-likeness (QED) is 0.260. The van der Waals surface area contributed by atoms with E-state index in [1.807, 2.05) is 84.9 Å². The number of nitrogens with zero attached hydrogens (tertiary/aromatic N) is 3. The zero-order valence-electron chi connectivity index (χ0n) is 31.1. The van der Waals surface area contributed by atoms with Crippen molar-refractivity contribution in [3.8, 4) is 5.75 Å². The minimum Gasteiger partial charge on any atom is -0.491 e. The number of amides is 5. The summed E-state index contributed by atoms with van der Waals surface area (Å²) in [5, 5.41) is 10.3. The minimum absolute atomic E-state index is 0.0570. The third-order valence-electron chi connectivity index (χ3n) is 10.7. The van der Waals surface area contributed by atoms with E-state index in [4.69, 9.17) is 4.74 Å². The van der Waals surface area contributed by atoms with Gasteiger partial charge in [0.25, 0.3) is 5.91 Å². The summed E-state index contributed by atoms with van der Waals surface area (Å²) in [4.78, 5) is 72.4. The Kier molecular flexibility index (Phi) is 11.1. The number of hydrogen-bond donors (Lipinski definition) is 2. The van der Waals surface area contributed by atoms with E-state index in [1.54, 1.807) is 43.3 Å². The van der Waals surface area contributed by atoms with Crippen LogP contribution in [0.1, 0.15) is 40.7 Å². The highest BCUT2D eigenvalue weighted by Crippen LogP contribution is 2.24. The Hall–Kier alpha value is -6.23. The molecule has 3 aliphatic heterocycles. The molecule has 0 unspecified atom stereocenters. The topological polar surface area (TPSA) is 128 Å². The fraction of sp³-hybridized carbons (Fsp3) is 0.295. The molecule has 3 aliphatic rings. The van der Waals surface area contributed by atoms with Crippen molar-refractivity contribution >= 4 is 51.1 Å². The number of likely N-dealkylation sites (N-methyl/N-ethyl adjacent to an activating group) is 2. The second kappa shape index (κ2) is 16.4. The SMILES string of the molecule is CN1CC(=O)N2C[C@H](NC(=O)Cc3cccc4ccccc34)C[C@H]2COc2ccc(cc2)C(=O)N(C)[C@H](C(=O)NCc2ccc3ccccc3c2)CCC1=O. The van der Waals surface area contributed by atoms with Gasteiger partial charge in [-0.2, -0.15) is 0 Å². The summed E-state index contributed by atoms with van der Waals surface area (Å²) < 4.78 is 6.14. The Balaban J connectivity index is 1.05. The van der Waals surface area contributed by atoms with Gasteiger partial charge in [-0.3, -0.25) is 24.0 Å². The molecule has 0 radical (unpaired) electrons. The summed E-state index contributed by atoms with van der Waals surface area (Å²) in [6.07, 6.45) is 0.671. The number of ether oxygens (including phenoxy) is 1. The molecule has 5 amide bonds. The largest absolute Gasteiger partial charge is 0.491 e. The lowest BCUT2D eigenvalue weighted by molar-refractivity contribution is -0.140. The van der Waals surface area contributed by atoms with Gasteiger partial charge in [0.2, 0.25) is 23.6 Å². The van der Waals surface area contributed by atoms with Crippen LogP contribution in [0.5, 0.6) is 5.75 Å². The molecular formula is C44H45N5O6. The first-order valence-electron chi connectivity index (χ1n) is 18.7. The molecule has 5 aromatic rings. The van der Waals surface area contributed by atoms with Gasteiger partial charge in [0.1, 0.15) is 18.4 Å². The van der Waals surface area contributed by atoms with Crippen molar-refractivity contribution < 1.29 is 28.7 Å². The molecule has 11 nitrogen and oxygen atoms in total. The van der Waals surface area contributed by atoms with Gasteiger partial charge in [0, 0.05) is 45.2 Å². The number of benzene rings is 5. The first kappa shape index (κ1) is 37.1. The number of carbonyl (C=O) groups is 5. The van der Waals surface area contributed by atoms with E-state index in [9.17, 15) is 24.0 Å². The standard InChI is InChI=1S/C44H45N5O6/c1-47-27-42(52)49-26-35(46-40(50)23-34-12-7-11-31-9-5-6-13-38(31)34)24-36(49)28-55-37-18-16-32(17-19-37)44(54)48(2)39(20-21-41(47)51)43(53)45-25-29-14-15-30-8-3-4-10-33(30)22-29/h3-19,22,35-36,39H,20-21,23-28H2,1-2H3,(H,45,53)(H,46,50)/t35-,36+,39+/m1/s1. The monoisotopic (exact) mass is 739 g/mol. The van der Waals surface area contributed by atoms with Crippen LogP contribution in [-0.2, 0) is 32.1 Å². The number of carbonyl (C=O) groups excluding carboxylic acids is 5. The average Bonchev–Trinajstić information content (AvgIpc) is 3.61. The number of fused-ring (bicyclic) bond motifs is 13. The lowest BCUT2D eigenvalue weighted by atomic mass is 10.0.